The van der Waals surface area contributed by atoms with Crippen LogP contribution in [0.25, 0.3) is 0 Å². The molecule has 1 aliphatic heterocycles. The van der Waals surface area contributed by atoms with E-state index < -0.39 is 12.0 Å². The normalized spacial score (nSPS) is 20.9. The summed E-state index contributed by atoms with van der Waals surface area (Å²) < 4.78 is 10.5. The third-order valence-corrected chi connectivity index (χ3v) is 3.58. The third-order valence-electron chi connectivity index (χ3n) is 3.58. The number of carbonyl (C=O) groups is 2. The molecule has 2 atom stereocenters. The number of carbonyl (C=O) groups excluding carboxylic acids is 1. The summed E-state index contributed by atoms with van der Waals surface area (Å²) in [6.45, 7) is 3.49. The summed E-state index contributed by atoms with van der Waals surface area (Å²) >= 11 is 0. The Kier molecular flexibility index (Phi) is 5.35. The molecule has 1 aliphatic rings. The lowest BCUT2D eigenvalue weighted by molar-refractivity contribution is -0.143. The lowest BCUT2D eigenvalue weighted by atomic mass is 10.1. The van der Waals surface area contributed by atoms with E-state index in [9.17, 15) is 9.59 Å². The average Bonchev–Trinajstić information content (AvgIpc) is 2.97. The second-order valence-electron chi connectivity index (χ2n) is 5.04. The lowest BCUT2D eigenvalue weighted by Gasteiger charge is -2.38. The molecule has 2 rings (SSSR count). The van der Waals surface area contributed by atoms with Crippen LogP contribution in [0.4, 0.5) is 0 Å². The van der Waals surface area contributed by atoms with E-state index in [2.05, 4.69) is 5.32 Å². The monoisotopic (exact) mass is 296 g/mol. The highest BCUT2D eigenvalue weighted by atomic mass is 16.5. The quantitative estimate of drug-likeness (QED) is 0.792. The van der Waals surface area contributed by atoms with Gasteiger partial charge in [-0.3, -0.25) is 14.5 Å². The van der Waals surface area contributed by atoms with Gasteiger partial charge in [0, 0.05) is 12.6 Å². The van der Waals surface area contributed by atoms with Crippen LogP contribution in [0.5, 0.6) is 0 Å². The van der Waals surface area contributed by atoms with Crippen LogP contribution >= 0.6 is 0 Å². The smallest absolute Gasteiger partial charge is 0.305 e. The van der Waals surface area contributed by atoms with E-state index >= 15 is 0 Å². The molecule has 116 valence electrons. The number of hydrogen-bond acceptors (Lipinski definition) is 5. The molecule has 1 saturated heterocycles. The van der Waals surface area contributed by atoms with Crippen LogP contribution in [-0.2, 0) is 20.9 Å². The molecule has 21 heavy (non-hydrogen) atoms. The van der Waals surface area contributed by atoms with Crippen molar-refractivity contribution >= 4 is 11.9 Å². The first-order chi connectivity index (χ1) is 10.1. The van der Waals surface area contributed by atoms with Crippen LogP contribution in [0.1, 0.15) is 19.1 Å². The maximum absolute atomic E-state index is 12.2. The molecule has 0 radical (unpaired) electrons. The number of hydrogen-bond donors (Lipinski definition) is 2. The molecule has 2 N–H and O–H groups in total. The molecular weight excluding hydrogens is 276 g/mol. The zero-order valence-electron chi connectivity index (χ0n) is 11.9. The Balaban J connectivity index is 1.90. The topological polar surface area (TPSA) is 92.0 Å². The van der Waals surface area contributed by atoms with Gasteiger partial charge in [0.05, 0.1) is 38.5 Å². The summed E-state index contributed by atoms with van der Waals surface area (Å²) in [5.74, 6) is -0.359. The van der Waals surface area contributed by atoms with Crippen molar-refractivity contribution in [3.63, 3.8) is 0 Å². The van der Waals surface area contributed by atoms with E-state index in [0.717, 1.165) is 0 Å². The zero-order chi connectivity index (χ0) is 15.2. The van der Waals surface area contributed by atoms with E-state index in [1.54, 1.807) is 25.3 Å². The minimum absolute atomic E-state index is 0.0319. The Morgan fingerprint density at radius 3 is 3.05 bits per heavy atom. The fraction of sp³-hybridized carbons (Fsp3) is 0.571. The van der Waals surface area contributed by atoms with Crippen molar-refractivity contribution in [1.82, 2.24) is 10.2 Å². The maximum atomic E-state index is 12.2. The molecule has 0 aromatic carbocycles. The second-order valence-corrected chi connectivity index (χ2v) is 5.04. The number of morpholine rings is 1. The molecule has 7 nitrogen and oxygen atoms in total. The van der Waals surface area contributed by atoms with Crippen LogP contribution in [0.15, 0.2) is 22.8 Å². The molecule has 2 unspecified atom stereocenters. The van der Waals surface area contributed by atoms with E-state index in [-0.39, 0.29) is 18.4 Å². The van der Waals surface area contributed by atoms with Crippen molar-refractivity contribution in [2.45, 2.75) is 32.0 Å². The Hall–Kier alpha value is -1.86. The van der Waals surface area contributed by atoms with E-state index in [1.165, 1.54) is 0 Å². The van der Waals surface area contributed by atoms with Crippen LogP contribution in [0, 0.1) is 0 Å². The van der Waals surface area contributed by atoms with E-state index in [4.69, 9.17) is 14.3 Å². The van der Waals surface area contributed by atoms with Gasteiger partial charge in [-0.1, -0.05) is 0 Å². The number of nitrogens with zero attached hydrogens (tertiary/aromatic N) is 1. The molecule has 0 spiro atoms. The summed E-state index contributed by atoms with van der Waals surface area (Å²) in [4.78, 5) is 25.0. The molecule has 2 heterocycles. The molecule has 1 aromatic rings. The zero-order valence-corrected chi connectivity index (χ0v) is 11.9. The molecule has 0 aliphatic carbocycles. The largest absolute Gasteiger partial charge is 0.481 e. The van der Waals surface area contributed by atoms with Crippen LogP contribution in [0.3, 0.4) is 0 Å². The maximum Gasteiger partial charge on any atom is 0.305 e. The molecule has 1 aromatic heterocycles. The second kappa shape index (κ2) is 7.24. The number of carboxylic acid groups (broad SMARTS) is 1. The van der Waals surface area contributed by atoms with Gasteiger partial charge in [-0.05, 0) is 19.1 Å². The van der Waals surface area contributed by atoms with Gasteiger partial charge in [-0.2, -0.15) is 0 Å². The number of carboxylic acids is 1. The number of ether oxygens (including phenoxy) is 1. The van der Waals surface area contributed by atoms with Gasteiger partial charge < -0.3 is 19.6 Å². The van der Waals surface area contributed by atoms with Crippen molar-refractivity contribution in [2.75, 3.05) is 19.8 Å². The van der Waals surface area contributed by atoms with Gasteiger partial charge in [0.2, 0.25) is 5.91 Å². The Morgan fingerprint density at radius 1 is 1.57 bits per heavy atom. The molecule has 7 heteroatoms. The van der Waals surface area contributed by atoms with Crippen molar-refractivity contribution < 1.29 is 23.8 Å². The first kappa shape index (κ1) is 15.5. The standard InChI is InChI=1S/C14H20N2O5/c1-10(14(19)15-8-12-3-2-5-21-12)16-4-6-20-9-11(16)7-13(17)18/h2-3,5,10-11H,4,6-9H2,1H3,(H,15,19)(H,17,18). The lowest BCUT2D eigenvalue weighted by Crippen LogP contribution is -2.55. The minimum Gasteiger partial charge on any atom is -0.481 e. The van der Waals surface area contributed by atoms with Crippen LogP contribution in [0.2, 0.25) is 0 Å². The molecule has 0 bridgehead atoms. The number of furan rings is 1. The third kappa shape index (κ3) is 4.30. The minimum atomic E-state index is -0.890. The number of amides is 1. The summed E-state index contributed by atoms with van der Waals surface area (Å²) in [5.41, 5.74) is 0. The van der Waals surface area contributed by atoms with Crippen LogP contribution < -0.4 is 5.32 Å². The first-order valence-corrected chi connectivity index (χ1v) is 6.93. The van der Waals surface area contributed by atoms with Crippen molar-refractivity contribution in [3.8, 4) is 0 Å². The summed E-state index contributed by atoms with van der Waals surface area (Å²) in [6, 6.07) is 2.86. The number of aliphatic carboxylic acids is 1. The summed E-state index contributed by atoms with van der Waals surface area (Å²) in [6.07, 6.45) is 1.52. The Morgan fingerprint density at radius 2 is 2.38 bits per heavy atom. The van der Waals surface area contributed by atoms with E-state index in [1.807, 2.05) is 4.90 Å². The Labute approximate surface area is 122 Å². The highest BCUT2D eigenvalue weighted by Gasteiger charge is 2.32. The molecule has 1 amide bonds. The highest BCUT2D eigenvalue weighted by molar-refractivity contribution is 5.81. The fourth-order valence-electron chi connectivity index (χ4n) is 2.44. The summed E-state index contributed by atoms with van der Waals surface area (Å²) in [7, 11) is 0. The van der Waals surface area contributed by atoms with Gasteiger partial charge in [0.1, 0.15) is 5.76 Å². The van der Waals surface area contributed by atoms with Crippen LogP contribution in [-0.4, -0.2) is 53.7 Å². The van der Waals surface area contributed by atoms with Gasteiger partial charge >= 0.3 is 5.97 Å². The van der Waals surface area contributed by atoms with Crippen molar-refractivity contribution in [1.29, 1.82) is 0 Å². The SMILES string of the molecule is CC(C(=O)NCc1ccco1)N1CCOCC1CC(=O)O. The average molecular weight is 296 g/mol. The highest BCUT2D eigenvalue weighted by Crippen LogP contribution is 2.14. The molecule has 1 fully saturated rings. The van der Waals surface area contributed by atoms with Gasteiger partial charge in [0.25, 0.3) is 0 Å². The first-order valence-electron chi connectivity index (χ1n) is 6.93. The molecule has 0 saturated carbocycles. The van der Waals surface area contributed by atoms with Crippen molar-refractivity contribution in [2.24, 2.45) is 0 Å². The Bertz CT molecular complexity index is 474. The number of nitrogens with one attached hydrogen (secondary N) is 1. The van der Waals surface area contributed by atoms with E-state index in [0.29, 0.717) is 32.1 Å². The fourth-order valence-corrected chi connectivity index (χ4v) is 2.44. The predicted octanol–water partition coefficient (Wildman–Crippen LogP) is 0.460. The van der Waals surface area contributed by atoms with Crippen molar-refractivity contribution in [3.05, 3.63) is 24.2 Å². The van der Waals surface area contributed by atoms with Gasteiger partial charge in [-0.25, -0.2) is 0 Å². The van der Waals surface area contributed by atoms with Gasteiger partial charge in [-0.15, -0.1) is 0 Å². The number of rotatable bonds is 6. The predicted molar refractivity (Wildman–Crippen MR) is 73.6 cm³/mol. The molecular formula is C14H20N2O5. The van der Waals surface area contributed by atoms with Gasteiger partial charge in [0.15, 0.2) is 0 Å². The summed E-state index contributed by atoms with van der Waals surface area (Å²) in [5, 5.41) is 11.7.